The molecule has 0 aliphatic rings. The van der Waals surface area contributed by atoms with Gasteiger partial charge in [0.1, 0.15) is 0 Å². The predicted molar refractivity (Wildman–Crippen MR) is 59.0 cm³/mol. The summed E-state index contributed by atoms with van der Waals surface area (Å²) >= 11 is 4.45. The maximum atomic E-state index is 12.5. The SMILES string of the molecule is NC(=S)N/N=C/c1ccccc1C(F)(F)F. The molecule has 0 unspecified atom stereocenters. The third-order valence-electron chi connectivity index (χ3n) is 1.64. The second kappa shape index (κ2) is 4.93. The molecule has 0 amide bonds. The molecule has 86 valence electrons. The Morgan fingerprint density at radius 2 is 2.00 bits per heavy atom. The van der Waals surface area contributed by atoms with Crippen LogP contribution < -0.4 is 11.2 Å². The number of rotatable bonds is 2. The van der Waals surface area contributed by atoms with Crippen LogP contribution in [0.25, 0.3) is 0 Å². The van der Waals surface area contributed by atoms with Crippen LogP contribution in [0.15, 0.2) is 29.4 Å². The van der Waals surface area contributed by atoms with E-state index in [1.807, 2.05) is 0 Å². The van der Waals surface area contributed by atoms with Gasteiger partial charge in [0.05, 0.1) is 11.8 Å². The van der Waals surface area contributed by atoms with E-state index in [2.05, 4.69) is 22.7 Å². The minimum Gasteiger partial charge on any atom is -0.375 e. The highest BCUT2D eigenvalue weighted by atomic mass is 32.1. The summed E-state index contributed by atoms with van der Waals surface area (Å²) in [5, 5.41) is 3.36. The molecule has 7 heteroatoms. The number of hydrogen-bond acceptors (Lipinski definition) is 2. The molecule has 1 aromatic rings. The minimum absolute atomic E-state index is 0.0567. The quantitative estimate of drug-likeness (QED) is 0.476. The van der Waals surface area contributed by atoms with E-state index in [9.17, 15) is 13.2 Å². The average Bonchev–Trinajstić information content (AvgIpc) is 2.16. The zero-order valence-electron chi connectivity index (χ0n) is 7.95. The van der Waals surface area contributed by atoms with Crippen molar-refractivity contribution in [3.8, 4) is 0 Å². The average molecular weight is 247 g/mol. The first-order valence-electron chi connectivity index (χ1n) is 4.16. The number of benzene rings is 1. The highest BCUT2D eigenvalue weighted by molar-refractivity contribution is 7.80. The van der Waals surface area contributed by atoms with Gasteiger partial charge in [-0.3, -0.25) is 5.43 Å². The summed E-state index contributed by atoms with van der Waals surface area (Å²) in [7, 11) is 0. The summed E-state index contributed by atoms with van der Waals surface area (Å²) in [4.78, 5) is 0. The van der Waals surface area contributed by atoms with Gasteiger partial charge in [0.2, 0.25) is 0 Å². The Balaban J connectivity index is 2.96. The minimum atomic E-state index is -4.41. The van der Waals surface area contributed by atoms with Crippen molar-refractivity contribution >= 4 is 23.5 Å². The van der Waals surface area contributed by atoms with E-state index in [0.717, 1.165) is 12.3 Å². The summed E-state index contributed by atoms with van der Waals surface area (Å²) in [5.41, 5.74) is 6.43. The fourth-order valence-electron chi connectivity index (χ4n) is 1.03. The molecule has 0 aliphatic heterocycles. The van der Waals surface area contributed by atoms with Crippen LogP contribution in [0, 0.1) is 0 Å². The first-order chi connectivity index (χ1) is 7.41. The van der Waals surface area contributed by atoms with Crippen LogP contribution in [0.1, 0.15) is 11.1 Å². The van der Waals surface area contributed by atoms with E-state index in [4.69, 9.17) is 5.73 Å². The third-order valence-corrected chi connectivity index (χ3v) is 1.74. The highest BCUT2D eigenvalue weighted by Crippen LogP contribution is 2.30. The molecule has 0 spiro atoms. The van der Waals surface area contributed by atoms with E-state index >= 15 is 0 Å². The van der Waals surface area contributed by atoms with Crippen molar-refractivity contribution < 1.29 is 13.2 Å². The Bertz CT molecular complexity index is 415. The van der Waals surface area contributed by atoms with Crippen LogP contribution in [0.5, 0.6) is 0 Å². The van der Waals surface area contributed by atoms with Crippen LogP contribution in [-0.4, -0.2) is 11.3 Å². The standard InChI is InChI=1S/C9H8F3N3S/c10-9(11,12)7-4-2-1-3-6(7)5-14-15-8(13)16/h1-5H,(H3,13,15,16)/b14-5+. The van der Waals surface area contributed by atoms with Gasteiger partial charge in [-0.05, 0) is 18.3 Å². The maximum Gasteiger partial charge on any atom is 0.417 e. The molecule has 16 heavy (non-hydrogen) atoms. The Labute approximate surface area is 95.1 Å². The molecule has 0 aliphatic carbocycles. The highest BCUT2D eigenvalue weighted by Gasteiger charge is 2.32. The van der Waals surface area contributed by atoms with Gasteiger partial charge in [0.15, 0.2) is 5.11 Å². The van der Waals surface area contributed by atoms with Crippen molar-refractivity contribution in [3.63, 3.8) is 0 Å². The first kappa shape index (κ1) is 12.4. The topological polar surface area (TPSA) is 50.4 Å². The van der Waals surface area contributed by atoms with Crippen molar-refractivity contribution in [1.82, 2.24) is 5.43 Å². The molecule has 0 radical (unpaired) electrons. The normalized spacial score (nSPS) is 11.7. The maximum absolute atomic E-state index is 12.5. The Morgan fingerprint density at radius 1 is 1.38 bits per heavy atom. The molecule has 0 saturated carbocycles. The lowest BCUT2D eigenvalue weighted by molar-refractivity contribution is -0.137. The van der Waals surface area contributed by atoms with E-state index < -0.39 is 11.7 Å². The van der Waals surface area contributed by atoms with Crippen molar-refractivity contribution in [2.75, 3.05) is 0 Å². The van der Waals surface area contributed by atoms with Crippen LogP contribution in [0.3, 0.4) is 0 Å². The molecule has 3 nitrogen and oxygen atoms in total. The summed E-state index contributed by atoms with van der Waals surface area (Å²) in [6, 6.07) is 5.06. The van der Waals surface area contributed by atoms with Crippen molar-refractivity contribution in [2.24, 2.45) is 10.8 Å². The van der Waals surface area contributed by atoms with Gasteiger partial charge in [0.25, 0.3) is 0 Å². The molecule has 0 fully saturated rings. The van der Waals surface area contributed by atoms with Crippen molar-refractivity contribution in [2.45, 2.75) is 6.18 Å². The van der Waals surface area contributed by atoms with E-state index in [1.54, 1.807) is 0 Å². The number of alkyl halides is 3. The van der Waals surface area contributed by atoms with Gasteiger partial charge >= 0.3 is 6.18 Å². The molecule has 0 aromatic heterocycles. The smallest absolute Gasteiger partial charge is 0.375 e. The largest absolute Gasteiger partial charge is 0.417 e. The van der Waals surface area contributed by atoms with E-state index in [-0.39, 0.29) is 10.7 Å². The fraction of sp³-hybridized carbons (Fsp3) is 0.111. The molecule has 0 atom stereocenters. The summed E-state index contributed by atoms with van der Waals surface area (Å²) < 4.78 is 37.5. The Hall–Kier alpha value is -1.63. The first-order valence-corrected chi connectivity index (χ1v) is 4.57. The summed E-state index contributed by atoms with van der Waals surface area (Å²) in [6.45, 7) is 0. The van der Waals surface area contributed by atoms with Gasteiger partial charge < -0.3 is 5.73 Å². The lowest BCUT2D eigenvalue weighted by atomic mass is 10.1. The zero-order chi connectivity index (χ0) is 12.2. The number of nitrogens with one attached hydrogen (secondary N) is 1. The monoisotopic (exact) mass is 247 g/mol. The van der Waals surface area contributed by atoms with Gasteiger partial charge in [-0.15, -0.1) is 0 Å². The lowest BCUT2D eigenvalue weighted by Gasteiger charge is -2.09. The Kier molecular flexibility index (Phi) is 3.83. The molecular weight excluding hydrogens is 239 g/mol. The molecule has 1 aromatic carbocycles. The molecule has 1 rings (SSSR count). The van der Waals surface area contributed by atoms with Gasteiger partial charge in [0, 0.05) is 5.56 Å². The fourth-order valence-corrected chi connectivity index (χ4v) is 1.09. The van der Waals surface area contributed by atoms with E-state index in [0.29, 0.717) is 0 Å². The summed E-state index contributed by atoms with van der Waals surface area (Å²) in [5.74, 6) is 0. The van der Waals surface area contributed by atoms with Gasteiger partial charge in [-0.2, -0.15) is 18.3 Å². The van der Waals surface area contributed by atoms with Crippen LogP contribution >= 0.6 is 12.2 Å². The predicted octanol–water partition coefficient (Wildman–Crippen LogP) is 1.87. The molecule has 3 N–H and O–H groups in total. The number of halogens is 3. The number of hydrazone groups is 1. The molecule has 0 saturated heterocycles. The lowest BCUT2D eigenvalue weighted by Crippen LogP contribution is -2.24. The van der Waals surface area contributed by atoms with Crippen LogP contribution in [0.4, 0.5) is 13.2 Å². The zero-order valence-corrected chi connectivity index (χ0v) is 8.77. The van der Waals surface area contributed by atoms with E-state index in [1.165, 1.54) is 18.2 Å². The summed E-state index contributed by atoms with van der Waals surface area (Å²) in [6.07, 6.45) is -3.40. The second-order valence-electron chi connectivity index (χ2n) is 2.82. The molecule has 0 bridgehead atoms. The molecular formula is C9H8F3N3S. The third kappa shape index (κ3) is 3.50. The van der Waals surface area contributed by atoms with Crippen molar-refractivity contribution in [1.29, 1.82) is 0 Å². The Morgan fingerprint density at radius 3 is 2.56 bits per heavy atom. The number of hydrogen-bond donors (Lipinski definition) is 2. The number of nitrogens with zero attached hydrogens (tertiary/aromatic N) is 1. The van der Waals surface area contributed by atoms with Crippen molar-refractivity contribution in [3.05, 3.63) is 35.4 Å². The number of thiocarbonyl (C=S) groups is 1. The van der Waals surface area contributed by atoms with Gasteiger partial charge in [-0.1, -0.05) is 18.2 Å². The number of nitrogens with two attached hydrogens (primary N) is 1. The second-order valence-corrected chi connectivity index (χ2v) is 3.26. The van der Waals surface area contributed by atoms with Crippen LogP contribution in [0.2, 0.25) is 0 Å². The van der Waals surface area contributed by atoms with Gasteiger partial charge in [-0.25, -0.2) is 0 Å². The van der Waals surface area contributed by atoms with Crippen LogP contribution in [-0.2, 0) is 6.18 Å². The molecule has 0 heterocycles.